The van der Waals surface area contributed by atoms with E-state index in [1.54, 1.807) is 0 Å². The van der Waals surface area contributed by atoms with E-state index in [1.807, 2.05) is 91.5 Å². The third-order valence-electron chi connectivity index (χ3n) is 5.47. The van der Waals surface area contributed by atoms with E-state index in [0.29, 0.717) is 5.56 Å². The molecule has 0 unspecified atom stereocenters. The normalized spacial score (nSPS) is 16.1. The van der Waals surface area contributed by atoms with Gasteiger partial charge in [-0.3, -0.25) is 4.79 Å². The van der Waals surface area contributed by atoms with Crippen LogP contribution in [0.5, 0.6) is 5.75 Å². The lowest BCUT2D eigenvalue weighted by Crippen LogP contribution is -2.30. The summed E-state index contributed by atoms with van der Waals surface area (Å²) in [5, 5.41) is 0.722. The number of rotatable bonds is 5. The number of ether oxygens (including phenoxy) is 1. The third kappa shape index (κ3) is 4.22. The lowest BCUT2D eigenvalue weighted by molar-refractivity contribution is 0.0736. The van der Waals surface area contributed by atoms with Crippen molar-refractivity contribution in [3.63, 3.8) is 0 Å². The molecule has 1 saturated heterocycles. The number of benzene rings is 3. The molecule has 30 heavy (non-hydrogen) atoms. The Labute approximate surface area is 183 Å². The second-order valence-corrected chi connectivity index (χ2v) is 8.33. The van der Waals surface area contributed by atoms with E-state index < -0.39 is 0 Å². The molecule has 4 rings (SSSR count). The number of hydrogen-bond donors (Lipinski definition) is 0. The summed E-state index contributed by atoms with van der Waals surface area (Å²) in [5.41, 5.74) is 3.79. The topological polar surface area (TPSA) is 29.5 Å². The molecule has 0 saturated carbocycles. The summed E-state index contributed by atoms with van der Waals surface area (Å²) in [6.45, 7) is 4.79. The first kappa shape index (κ1) is 20.5. The molecule has 0 aromatic heterocycles. The molecule has 0 N–H and O–H groups in total. The molecule has 4 heteroatoms. The Kier molecular flexibility index (Phi) is 6.10. The van der Waals surface area contributed by atoms with Gasteiger partial charge < -0.3 is 9.64 Å². The van der Waals surface area contributed by atoms with Crippen molar-refractivity contribution in [1.29, 1.82) is 0 Å². The standard InChI is InChI=1S/C26H26ClNO2/c1-18(2)30-25-12-6-4-8-21(25)19-13-15-20(16-14-19)26(29)28-17-7-11-24(28)22-9-3-5-10-23(22)27/h3-6,8-10,12-16,18,24H,7,11,17H2,1-2H3/t24-/m1/s1. The summed E-state index contributed by atoms with van der Waals surface area (Å²) in [7, 11) is 0. The van der Waals surface area contributed by atoms with Crippen molar-refractivity contribution in [2.24, 2.45) is 0 Å². The van der Waals surface area contributed by atoms with Gasteiger partial charge in [0.05, 0.1) is 12.1 Å². The van der Waals surface area contributed by atoms with Crippen molar-refractivity contribution in [1.82, 2.24) is 4.90 Å². The third-order valence-corrected chi connectivity index (χ3v) is 5.81. The molecule has 1 atom stereocenters. The smallest absolute Gasteiger partial charge is 0.254 e. The Morgan fingerprint density at radius 2 is 1.70 bits per heavy atom. The second kappa shape index (κ2) is 8.93. The highest BCUT2D eigenvalue weighted by Crippen LogP contribution is 2.37. The average molecular weight is 420 g/mol. The first-order chi connectivity index (χ1) is 14.5. The van der Waals surface area contributed by atoms with E-state index in [2.05, 4.69) is 0 Å². The molecular formula is C26H26ClNO2. The summed E-state index contributed by atoms with van der Waals surface area (Å²) in [6.07, 6.45) is 2.02. The van der Waals surface area contributed by atoms with Crippen LogP contribution in [0, 0.1) is 0 Å². The fourth-order valence-electron chi connectivity index (χ4n) is 4.10. The van der Waals surface area contributed by atoms with E-state index >= 15 is 0 Å². The monoisotopic (exact) mass is 419 g/mol. The van der Waals surface area contributed by atoms with E-state index in [0.717, 1.165) is 46.8 Å². The molecule has 1 heterocycles. The van der Waals surface area contributed by atoms with Crippen LogP contribution in [-0.2, 0) is 0 Å². The highest BCUT2D eigenvalue weighted by molar-refractivity contribution is 6.31. The highest BCUT2D eigenvalue weighted by atomic mass is 35.5. The lowest BCUT2D eigenvalue weighted by Gasteiger charge is -2.26. The zero-order valence-electron chi connectivity index (χ0n) is 17.3. The maximum atomic E-state index is 13.3. The molecule has 0 spiro atoms. The first-order valence-electron chi connectivity index (χ1n) is 10.5. The summed E-state index contributed by atoms with van der Waals surface area (Å²) in [5.74, 6) is 0.903. The van der Waals surface area contributed by atoms with Crippen LogP contribution < -0.4 is 4.74 Å². The van der Waals surface area contributed by atoms with Crippen molar-refractivity contribution in [3.05, 3.63) is 88.9 Å². The Hall–Kier alpha value is -2.78. The minimum absolute atomic E-state index is 0.0334. The van der Waals surface area contributed by atoms with Gasteiger partial charge in [-0.15, -0.1) is 0 Å². The van der Waals surface area contributed by atoms with Gasteiger partial charge in [-0.05, 0) is 62.1 Å². The number of carbonyl (C=O) groups excluding carboxylic acids is 1. The molecule has 154 valence electrons. The highest BCUT2D eigenvalue weighted by Gasteiger charge is 2.31. The number of para-hydroxylation sites is 1. The molecule has 1 aliphatic heterocycles. The van der Waals surface area contributed by atoms with E-state index in [-0.39, 0.29) is 18.1 Å². The largest absolute Gasteiger partial charge is 0.490 e. The maximum Gasteiger partial charge on any atom is 0.254 e. The van der Waals surface area contributed by atoms with Crippen LogP contribution in [-0.4, -0.2) is 23.5 Å². The van der Waals surface area contributed by atoms with Crippen molar-refractivity contribution < 1.29 is 9.53 Å². The number of hydrogen-bond acceptors (Lipinski definition) is 2. The van der Waals surface area contributed by atoms with Crippen molar-refractivity contribution in [2.75, 3.05) is 6.54 Å². The molecular weight excluding hydrogens is 394 g/mol. The summed E-state index contributed by atoms with van der Waals surface area (Å²) >= 11 is 6.41. The maximum absolute atomic E-state index is 13.3. The van der Waals surface area contributed by atoms with Crippen LogP contribution in [0.25, 0.3) is 11.1 Å². The molecule has 0 aliphatic carbocycles. The minimum Gasteiger partial charge on any atom is -0.490 e. The quantitative estimate of drug-likeness (QED) is 0.456. The molecule has 1 aliphatic rings. The fourth-order valence-corrected chi connectivity index (χ4v) is 4.36. The zero-order valence-corrected chi connectivity index (χ0v) is 18.1. The van der Waals surface area contributed by atoms with Crippen LogP contribution >= 0.6 is 11.6 Å². The van der Waals surface area contributed by atoms with Crippen LogP contribution in [0.4, 0.5) is 0 Å². The zero-order chi connectivity index (χ0) is 21.1. The lowest BCUT2D eigenvalue weighted by atomic mass is 10.0. The summed E-state index contributed by atoms with van der Waals surface area (Å²) in [4.78, 5) is 15.2. The second-order valence-electron chi connectivity index (χ2n) is 7.92. The first-order valence-corrected chi connectivity index (χ1v) is 10.8. The van der Waals surface area contributed by atoms with E-state index in [1.165, 1.54) is 0 Å². The molecule has 1 fully saturated rings. The molecule has 3 aromatic carbocycles. The minimum atomic E-state index is 0.0334. The predicted octanol–water partition coefficient (Wildman–Crippen LogP) is 6.77. The number of nitrogens with zero attached hydrogens (tertiary/aromatic N) is 1. The van der Waals surface area contributed by atoms with Gasteiger partial charge in [0.25, 0.3) is 5.91 Å². The van der Waals surface area contributed by atoms with Crippen molar-refractivity contribution in [3.8, 4) is 16.9 Å². The van der Waals surface area contributed by atoms with Crippen LogP contribution in [0.15, 0.2) is 72.8 Å². The van der Waals surface area contributed by atoms with Crippen LogP contribution in [0.2, 0.25) is 5.02 Å². The average Bonchev–Trinajstić information content (AvgIpc) is 3.23. The molecule has 3 aromatic rings. The SMILES string of the molecule is CC(C)Oc1ccccc1-c1ccc(C(=O)N2CCC[C@@H]2c2ccccc2Cl)cc1. The van der Waals surface area contributed by atoms with Gasteiger partial charge in [-0.2, -0.15) is 0 Å². The van der Waals surface area contributed by atoms with Gasteiger partial charge in [0.15, 0.2) is 0 Å². The predicted molar refractivity (Wildman–Crippen MR) is 122 cm³/mol. The fraction of sp³-hybridized carbons (Fsp3) is 0.269. The molecule has 1 amide bonds. The number of amides is 1. The van der Waals surface area contributed by atoms with Gasteiger partial charge in [-0.25, -0.2) is 0 Å². The van der Waals surface area contributed by atoms with Gasteiger partial charge in [0.1, 0.15) is 5.75 Å². The molecule has 3 nitrogen and oxygen atoms in total. The number of likely N-dealkylation sites (tertiary alicyclic amines) is 1. The van der Waals surface area contributed by atoms with E-state index in [9.17, 15) is 4.79 Å². The van der Waals surface area contributed by atoms with Crippen molar-refractivity contribution >= 4 is 17.5 Å². The molecule has 0 radical (unpaired) electrons. The Bertz CT molecular complexity index is 1030. The van der Waals surface area contributed by atoms with Crippen LogP contribution in [0.1, 0.15) is 48.7 Å². The van der Waals surface area contributed by atoms with Gasteiger partial charge in [0.2, 0.25) is 0 Å². The van der Waals surface area contributed by atoms with Crippen LogP contribution in [0.3, 0.4) is 0 Å². The number of carbonyl (C=O) groups is 1. The molecule has 0 bridgehead atoms. The summed E-state index contributed by atoms with van der Waals surface area (Å²) in [6, 6.07) is 23.7. The van der Waals surface area contributed by atoms with Gasteiger partial charge in [0, 0.05) is 22.7 Å². The Morgan fingerprint density at radius 1 is 1.00 bits per heavy atom. The summed E-state index contributed by atoms with van der Waals surface area (Å²) < 4.78 is 5.95. The Morgan fingerprint density at radius 3 is 2.43 bits per heavy atom. The van der Waals surface area contributed by atoms with Gasteiger partial charge >= 0.3 is 0 Å². The van der Waals surface area contributed by atoms with Gasteiger partial charge in [-0.1, -0.05) is 60.1 Å². The number of halogens is 1. The van der Waals surface area contributed by atoms with E-state index in [4.69, 9.17) is 16.3 Å². The Balaban J connectivity index is 1.57. The van der Waals surface area contributed by atoms with Crippen molar-refractivity contribution in [2.45, 2.75) is 38.8 Å².